The summed E-state index contributed by atoms with van der Waals surface area (Å²) in [6, 6.07) is 96.3. The van der Waals surface area contributed by atoms with Crippen LogP contribution < -0.4 is 51.8 Å². The number of fused-ring (bicyclic) bond motifs is 7. The largest absolute Gasteiger partial charge is 0.309 e. The van der Waals surface area contributed by atoms with E-state index in [0.717, 1.165) is 39.8 Å². The molecule has 3 nitrogen and oxygen atoms in total. The van der Waals surface area contributed by atoms with Gasteiger partial charge >= 0.3 is 0 Å². The first-order chi connectivity index (χ1) is 34.3. The average molecular weight is 892 g/mol. The molecule has 0 unspecified atom stereocenters. The van der Waals surface area contributed by atoms with Gasteiger partial charge in [0.15, 0.2) is 8.07 Å². The first kappa shape index (κ1) is 38.5. The van der Waals surface area contributed by atoms with Crippen LogP contribution in [0.4, 0.5) is 51.2 Å². The standard InChI is InChI=1S/C64H42BN3Si/c1-5-22-46(23-6-1)66-54-32-15-13-30-51(54)65-52-31-14-18-35-58(52)69(48-26-9-3-10-27-48,49-28-11-4-12-29-49)59-42-57-63(64(66)62(59)65)67(47-24-7-2-8-25-47)55-33-16-17-34-56(55)68(57)53-41-39-45-37-36-43-20-19-21-44-38-40-50(53)61(45)60(43)44/h1-42H. The van der Waals surface area contributed by atoms with E-state index in [9.17, 15) is 0 Å². The maximum Gasteiger partial charge on any atom is 0.246 e. The second kappa shape index (κ2) is 14.7. The second-order valence-electron chi connectivity index (χ2n) is 18.7. The summed E-state index contributed by atoms with van der Waals surface area (Å²) in [5.41, 5.74) is 14.5. The fourth-order valence-corrected chi connectivity index (χ4v) is 18.1. The van der Waals surface area contributed by atoms with Gasteiger partial charge in [-0.05, 0) is 113 Å². The van der Waals surface area contributed by atoms with Crippen LogP contribution in [0, 0.1) is 0 Å². The number of hydrogen-bond donors (Lipinski definition) is 0. The van der Waals surface area contributed by atoms with Gasteiger partial charge in [0, 0.05) is 22.4 Å². The highest BCUT2D eigenvalue weighted by Gasteiger charge is 2.55. The van der Waals surface area contributed by atoms with Gasteiger partial charge in [-0.3, -0.25) is 0 Å². The van der Waals surface area contributed by atoms with Crippen molar-refractivity contribution in [2.45, 2.75) is 0 Å². The van der Waals surface area contributed by atoms with Crippen molar-refractivity contribution in [3.8, 4) is 0 Å². The van der Waals surface area contributed by atoms with Crippen molar-refractivity contribution < 1.29 is 0 Å². The molecular weight excluding hydrogens is 850 g/mol. The van der Waals surface area contributed by atoms with Crippen LogP contribution >= 0.6 is 0 Å². The zero-order valence-electron chi connectivity index (χ0n) is 37.7. The molecule has 5 heteroatoms. The molecule has 0 spiro atoms. The number of anilines is 9. The van der Waals surface area contributed by atoms with E-state index in [2.05, 4.69) is 269 Å². The SMILES string of the molecule is c1ccc(N2c3ccccc3N(c3ccc4ccc5cccc6ccc3c4c56)c3cc4c5c(c32)N(c2ccccc2)c2ccccc2B5c2ccccc2[Si]4(c2ccccc2)c2ccccc2)cc1. The lowest BCUT2D eigenvalue weighted by Crippen LogP contribution is -2.87. The van der Waals surface area contributed by atoms with E-state index in [0.29, 0.717) is 0 Å². The number of para-hydroxylation sites is 5. The number of rotatable bonds is 5. The van der Waals surface area contributed by atoms with Crippen LogP contribution in [0.25, 0.3) is 32.3 Å². The Labute approximate surface area is 402 Å². The molecule has 3 aliphatic rings. The van der Waals surface area contributed by atoms with Crippen molar-refractivity contribution in [2.24, 2.45) is 0 Å². The molecule has 0 radical (unpaired) electrons. The topological polar surface area (TPSA) is 9.72 Å². The summed E-state index contributed by atoms with van der Waals surface area (Å²) in [5, 5.41) is 13.2. The van der Waals surface area contributed by atoms with Gasteiger partial charge in [-0.25, -0.2) is 0 Å². The molecule has 12 aromatic rings. The van der Waals surface area contributed by atoms with Crippen LogP contribution in [-0.2, 0) is 0 Å². The summed E-state index contributed by atoms with van der Waals surface area (Å²) < 4.78 is 0. The third kappa shape index (κ3) is 5.22. The molecule has 0 atom stereocenters. The predicted molar refractivity (Wildman–Crippen MR) is 296 cm³/mol. The van der Waals surface area contributed by atoms with Crippen molar-refractivity contribution in [1.29, 1.82) is 0 Å². The summed E-state index contributed by atoms with van der Waals surface area (Å²) in [7, 11) is -3.14. The van der Waals surface area contributed by atoms with Crippen molar-refractivity contribution in [3.05, 3.63) is 255 Å². The molecule has 3 aliphatic heterocycles. The maximum atomic E-state index is 2.67. The van der Waals surface area contributed by atoms with Crippen LogP contribution in [0.3, 0.4) is 0 Å². The van der Waals surface area contributed by atoms with Gasteiger partial charge in [0.25, 0.3) is 0 Å². The summed E-state index contributed by atoms with van der Waals surface area (Å²) in [4.78, 5) is 7.81. The highest BCUT2D eigenvalue weighted by Crippen LogP contribution is 2.60. The molecule has 0 aliphatic carbocycles. The highest BCUT2D eigenvalue weighted by molar-refractivity contribution is 7.26. The van der Waals surface area contributed by atoms with E-state index in [1.165, 1.54) is 80.8 Å². The van der Waals surface area contributed by atoms with Crippen molar-refractivity contribution in [1.82, 2.24) is 0 Å². The molecule has 0 saturated carbocycles. The monoisotopic (exact) mass is 891 g/mol. The lowest BCUT2D eigenvalue weighted by molar-refractivity contribution is 1.16. The normalized spacial score (nSPS) is 14.1. The minimum Gasteiger partial charge on any atom is -0.309 e. The third-order valence-corrected chi connectivity index (χ3v) is 20.3. The Bertz CT molecular complexity index is 3940. The summed E-state index contributed by atoms with van der Waals surface area (Å²) in [5.74, 6) is 0. The first-order valence-corrected chi connectivity index (χ1v) is 26.1. The second-order valence-corrected chi connectivity index (χ2v) is 22.5. The van der Waals surface area contributed by atoms with Gasteiger partial charge < -0.3 is 14.7 Å². The van der Waals surface area contributed by atoms with Crippen molar-refractivity contribution in [2.75, 3.05) is 14.7 Å². The average Bonchev–Trinajstić information content (AvgIpc) is 3.42. The Hall–Kier alpha value is -8.64. The molecule has 15 rings (SSSR count). The molecule has 69 heavy (non-hydrogen) atoms. The van der Waals surface area contributed by atoms with E-state index in [1.807, 2.05) is 0 Å². The summed E-state index contributed by atoms with van der Waals surface area (Å²) in [6.07, 6.45) is 0. The van der Waals surface area contributed by atoms with Crippen LogP contribution in [0.2, 0.25) is 0 Å². The molecule has 3 heterocycles. The summed E-state index contributed by atoms with van der Waals surface area (Å²) >= 11 is 0. The van der Waals surface area contributed by atoms with Crippen molar-refractivity contribution >= 4 is 135 Å². The van der Waals surface area contributed by atoms with Gasteiger partial charge in [-0.1, -0.05) is 206 Å². The lowest BCUT2D eigenvalue weighted by atomic mass is 9.34. The number of hydrogen-bond acceptors (Lipinski definition) is 3. The van der Waals surface area contributed by atoms with Crippen LogP contribution in [0.5, 0.6) is 0 Å². The van der Waals surface area contributed by atoms with Crippen LogP contribution in [0.1, 0.15) is 0 Å². The Balaban J connectivity index is 1.19. The fourth-order valence-electron chi connectivity index (χ4n) is 12.8. The molecule has 0 N–H and O–H groups in total. The smallest absolute Gasteiger partial charge is 0.246 e. The van der Waals surface area contributed by atoms with E-state index in [-0.39, 0.29) is 6.71 Å². The number of nitrogens with zero attached hydrogens (tertiary/aromatic N) is 3. The third-order valence-electron chi connectivity index (χ3n) is 15.4. The van der Waals surface area contributed by atoms with Gasteiger partial charge in [0.2, 0.25) is 6.71 Å². The molecular formula is C64H42BN3Si. The quantitative estimate of drug-likeness (QED) is 0.126. The zero-order valence-corrected chi connectivity index (χ0v) is 38.7. The summed E-state index contributed by atoms with van der Waals surface area (Å²) in [6.45, 7) is -0.0292. The van der Waals surface area contributed by atoms with Crippen LogP contribution in [-0.4, -0.2) is 14.8 Å². The Morgan fingerprint density at radius 1 is 0.304 bits per heavy atom. The molecule has 0 aromatic heterocycles. The first-order valence-electron chi connectivity index (χ1n) is 24.1. The highest BCUT2D eigenvalue weighted by atomic mass is 28.3. The molecule has 0 fully saturated rings. The van der Waals surface area contributed by atoms with Gasteiger partial charge in [-0.2, -0.15) is 0 Å². The minimum atomic E-state index is -3.14. The predicted octanol–water partition coefficient (Wildman–Crippen LogP) is 11.8. The maximum absolute atomic E-state index is 3.14. The minimum absolute atomic E-state index is 0.0292. The van der Waals surface area contributed by atoms with Gasteiger partial charge in [0.1, 0.15) is 0 Å². The Morgan fingerprint density at radius 3 is 1.45 bits per heavy atom. The molecule has 0 amide bonds. The molecule has 320 valence electrons. The Kier molecular flexibility index (Phi) is 8.18. The van der Waals surface area contributed by atoms with E-state index in [1.54, 1.807) is 0 Å². The zero-order chi connectivity index (χ0) is 45.2. The van der Waals surface area contributed by atoms with Gasteiger partial charge in [-0.15, -0.1) is 0 Å². The van der Waals surface area contributed by atoms with E-state index in [4.69, 9.17) is 0 Å². The molecule has 12 aromatic carbocycles. The van der Waals surface area contributed by atoms with E-state index < -0.39 is 8.07 Å². The van der Waals surface area contributed by atoms with Crippen molar-refractivity contribution in [3.63, 3.8) is 0 Å². The fraction of sp³-hybridized carbons (Fsp3) is 0. The Morgan fingerprint density at radius 2 is 0.797 bits per heavy atom. The number of benzene rings is 12. The molecule has 0 bridgehead atoms. The van der Waals surface area contributed by atoms with E-state index >= 15 is 0 Å². The van der Waals surface area contributed by atoms with Crippen LogP contribution in [0.15, 0.2) is 255 Å². The molecule has 0 saturated heterocycles. The van der Waals surface area contributed by atoms with Gasteiger partial charge in [0.05, 0.1) is 34.1 Å². The lowest BCUT2D eigenvalue weighted by Gasteiger charge is -2.51.